The highest BCUT2D eigenvalue weighted by atomic mass is 16.3. The Labute approximate surface area is 97.3 Å². The van der Waals surface area contributed by atoms with Crippen LogP contribution in [-0.4, -0.2) is 17.5 Å². The van der Waals surface area contributed by atoms with Crippen LogP contribution < -0.4 is 0 Å². The van der Waals surface area contributed by atoms with Gasteiger partial charge in [0.1, 0.15) is 5.78 Å². The van der Waals surface area contributed by atoms with E-state index in [-0.39, 0.29) is 12.4 Å². The average Bonchev–Trinajstić information content (AvgIpc) is 2.27. The molecule has 2 heteroatoms. The molecule has 1 aromatic rings. The first kappa shape index (κ1) is 12.9. The van der Waals surface area contributed by atoms with Gasteiger partial charge in [-0.2, -0.15) is 0 Å². The van der Waals surface area contributed by atoms with E-state index >= 15 is 0 Å². The molecule has 0 aliphatic rings. The van der Waals surface area contributed by atoms with Gasteiger partial charge in [-0.15, -0.1) is 0 Å². The number of carbonyl (C=O) groups is 1. The van der Waals surface area contributed by atoms with E-state index in [2.05, 4.69) is 26.0 Å². The first-order valence-corrected chi connectivity index (χ1v) is 5.85. The molecule has 0 atom stereocenters. The molecule has 0 spiro atoms. The minimum absolute atomic E-state index is 0.0953. The topological polar surface area (TPSA) is 37.3 Å². The fourth-order valence-corrected chi connectivity index (χ4v) is 1.61. The molecule has 1 N–H and O–H groups in total. The van der Waals surface area contributed by atoms with Crippen molar-refractivity contribution in [3.63, 3.8) is 0 Å². The SMILES string of the molecule is CC(C)c1ccc(CC(=O)CCCO)cc1. The normalized spacial score (nSPS) is 10.8. The number of hydrogen-bond acceptors (Lipinski definition) is 2. The Hall–Kier alpha value is -1.15. The second-order valence-corrected chi connectivity index (χ2v) is 4.44. The Morgan fingerprint density at radius 3 is 2.38 bits per heavy atom. The third kappa shape index (κ3) is 4.15. The Morgan fingerprint density at radius 2 is 1.88 bits per heavy atom. The summed E-state index contributed by atoms with van der Waals surface area (Å²) in [4.78, 5) is 11.5. The van der Waals surface area contributed by atoms with Crippen molar-refractivity contribution in [1.29, 1.82) is 0 Å². The Balaban J connectivity index is 2.51. The maximum atomic E-state index is 11.5. The van der Waals surface area contributed by atoms with Gasteiger partial charge in [0.25, 0.3) is 0 Å². The lowest BCUT2D eigenvalue weighted by Gasteiger charge is -2.06. The number of aliphatic hydroxyl groups excluding tert-OH is 1. The molecule has 16 heavy (non-hydrogen) atoms. The van der Waals surface area contributed by atoms with E-state index in [1.54, 1.807) is 0 Å². The maximum absolute atomic E-state index is 11.5. The van der Waals surface area contributed by atoms with E-state index < -0.39 is 0 Å². The van der Waals surface area contributed by atoms with E-state index in [0.29, 0.717) is 25.2 Å². The quantitative estimate of drug-likeness (QED) is 0.800. The molecular weight excluding hydrogens is 200 g/mol. The van der Waals surface area contributed by atoms with Crippen LogP contribution in [0.3, 0.4) is 0 Å². The van der Waals surface area contributed by atoms with Crippen LogP contribution in [0.15, 0.2) is 24.3 Å². The largest absolute Gasteiger partial charge is 0.396 e. The summed E-state index contributed by atoms with van der Waals surface area (Å²) in [6, 6.07) is 8.21. The Bertz CT molecular complexity index is 325. The molecular formula is C14H20O2. The smallest absolute Gasteiger partial charge is 0.137 e. The van der Waals surface area contributed by atoms with Crippen LogP contribution in [0.1, 0.15) is 43.7 Å². The molecule has 0 saturated heterocycles. The van der Waals surface area contributed by atoms with Gasteiger partial charge in [-0.1, -0.05) is 38.1 Å². The number of carbonyl (C=O) groups excluding carboxylic acids is 1. The van der Waals surface area contributed by atoms with Crippen molar-refractivity contribution in [2.24, 2.45) is 0 Å². The van der Waals surface area contributed by atoms with Gasteiger partial charge in [0.2, 0.25) is 0 Å². The molecule has 0 bridgehead atoms. The number of rotatable bonds is 6. The summed E-state index contributed by atoms with van der Waals surface area (Å²) in [6.45, 7) is 4.40. The van der Waals surface area contributed by atoms with Crippen molar-refractivity contribution in [3.05, 3.63) is 35.4 Å². The van der Waals surface area contributed by atoms with Gasteiger partial charge in [-0.3, -0.25) is 4.79 Å². The first-order valence-electron chi connectivity index (χ1n) is 5.85. The average molecular weight is 220 g/mol. The van der Waals surface area contributed by atoms with Crippen molar-refractivity contribution < 1.29 is 9.90 Å². The van der Waals surface area contributed by atoms with Crippen LogP contribution in [-0.2, 0) is 11.2 Å². The van der Waals surface area contributed by atoms with E-state index in [4.69, 9.17) is 5.11 Å². The summed E-state index contributed by atoms with van der Waals surface area (Å²) in [5, 5.41) is 8.63. The minimum Gasteiger partial charge on any atom is -0.396 e. The van der Waals surface area contributed by atoms with Crippen LogP contribution in [0.5, 0.6) is 0 Å². The third-order valence-corrected chi connectivity index (χ3v) is 2.66. The number of Topliss-reactive ketones (excluding diaryl/α,β-unsaturated/α-hetero) is 1. The van der Waals surface area contributed by atoms with E-state index in [1.807, 2.05) is 12.1 Å². The van der Waals surface area contributed by atoms with Crippen LogP contribution in [0.2, 0.25) is 0 Å². The summed E-state index contributed by atoms with van der Waals surface area (Å²) in [5.41, 5.74) is 2.36. The van der Waals surface area contributed by atoms with Crippen LogP contribution in [0.25, 0.3) is 0 Å². The lowest BCUT2D eigenvalue weighted by Crippen LogP contribution is -2.03. The van der Waals surface area contributed by atoms with Crippen molar-refractivity contribution >= 4 is 5.78 Å². The van der Waals surface area contributed by atoms with Gasteiger partial charge >= 0.3 is 0 Å². The summed E-state index contributed by atoms with van der Waals surface area (Å²) >= 11 is 0. The molecule has 1 aromatic carbocycles. The lowest BCUT2D eigenvalue weighted by atomic mass is 9.99. The highest BCUT2D eigenvalue weighted by Crippen LogP contribution is 2.15. The second kappa shape index (κ2) is 6.44. The summed E-state index contributed by atoms with van der Waals surface area (Å²) in [6.07, 6.45) is 1.53. The predicted molar refractivity (Wildman–Crippen MR) is 65.6 cm³/mol. The van der Waals surface area contributed by atoms with Gasteiger partial charge in [0.05, 0.1) is 0 Å². The number of hydrogen-bond donors (Lipinski definition) is 1. The first-order chi connectivity index (χ1) is 7.63. The number of benzene rings is 1. The molecule has 1 rings (SSSR count). The van der Waals surface area contributed by atoms with Gasteiger partial charge in [-0.05, 0) is 23.5 Å². The summed E-state index contributed by atoms with van der Waals surface area (Å²) in [5.74, 6) is 0.727. The van der Waals surface area contributed by atoms with E-state index in [0.717, 1.165) is 5.56 Å². The van der Waals surface area contributed by atoms with Crippen molar-refractivity contribution in [2.45, 2.75) is 39.0 Å². The van der Waals surface area contributed by atoms with Gasteiger partial charge in [0.15, 0.2) is 0 Å². The lowest BCUT2D eigenvalue weighted by molar-refractivity contribution is -0.118. The highest BCUT2D eigenvalue weighted by molar-refractivity contribution is 5.80. The summed E-state index contributed by atoms with van der Waals surface area (Å²) < 4.78 is 0. The summed E-state index contributed by atoms with van der Waals surface area (Å²) in [7, 11) is 0. The number of ketones is 1. The molecule has 88 valence electrons. The Kier molecular flexibility index (Phi) is 5.20. The molecule has 0 aliphatic carbocycles. The fraction of sp³-hybridized carbons (Fsp3) is 0.500. The molecule has 0 amide bonds. The van der Waals surface area contributed by atoms with Crippen molar-refractivity contribution in [2.75, 3.05) is 6.61 Å². The molecule has 0 radical (unpaired) electrons. The van der Waals surface area contributed by atoms with Crippen molar-refractivity contribution in [3.8, 4) is 0 Å². The minimum atomic E-state index is 0.0953. The Morgan fingerprint density at radius 1 is 1.25 bits per heavy atom. The van der Waals surface area contributed by atoms with Gasteiger partial charge in [0, 0.05) is 19.4 Å². The van der Waals surface area contributed by atoms with E-state index in [9.17, 15) is 4.79 Å². The molecule has 0 aromatic heterocycles. The third-order valence-electron chi connectivity index (χ3n) is 2.66. The molecule has 0 fully saturated rings. The number of aliphatic hydroxyl groups is 1. The maximum Gasteiger partial charge on any atom is 0.137 e. The van der Waals surface area contributed by atoms with Crippen LogP contribution >= 0.6 is 0 Å². The second-order valence-electron chi connectivity index (χ2n) is 4.44. The van der Waals surface area contributed by atoms with E-state index in [1.165, 1.54) is 5.56 Å². The highest BCUT2D eigenvalue weighted by Gasteiger charge is 2.04. The molecule has 0 heterocycles. The zero-order chi connectivity index (χ0) is 12.0. The molecule has 0 aliphatic heterocycles. The monoisotopic (exact) mass is 220 g/mol. The van der Waals surface area contributed by atoms with Crippen molar-refractivity contribution in [1.82, 2.24) is 0 Å². The zero-order valence-electron chi connectivity index (χ0n) is 10.1. The molecule has 2 nitrogen and oxygen atoms in total. The van der Waals surface area contributed by atoms with Gasteiger partial charge in [-0.25, -0.2) is 0 Å². The fourth-order valence-electron chi connectivity index (χ4n) is 1.61. The molecule has 0 saturated carbocycles. The molecule has 0 unspecified atom stereocenters. The predicted octanol–water partition coefficient (Wildman–Crippen LogP) is 2.69. The zero-order valence-corrected chi connectivity index (χ0v) is 10.1. The van der Waals surface area contributed by atoms with Crippen LogP contribution in [0, 0.1) is 0 Å². The standard InChI is InChI=1S/C14H20O2/c1-11(2)13-7-5-12(6-8-13)10-14(16)4-3-9-15/h5-8,11,15H,3-4,9-10H2,1-2H3. The van der Waals surface area contributed by atoms with Gasteiger partial charge < -0.3 is 5.11 Å². The van der Waals surface area contributed by atoms with Crippen LogP contribution in [0.4, 0.5) is 0 Å².